The molecule has 0 saturated carbocycles. The van der Waals surface area contributed by atoms with E-state index < -0.39 is 0 Å². The first-order chi connectivity index (χ1) is 6.91. The van der Waals surface area contributed by atoms with Crippen molar-refractivity contribution in [2.24, 2.45) is 7.05 Å². The van der Waals surface area contributed by atoms with Gasteiger partial charge >= 0.3 is 0 Å². The highest BCUT2D eigenvalue weighted by molar-refractivity contribution is 5.79. The predicted octanol–water partition coefficient (Wildman–Crippen LogP) is 3.18. The number of aromatic nitrogens is 2. The van der Waals surface area contributed by atoms with Crippen LogP contribution >= 0.6 is 0 Å². The smallest absolute Gasteiger partial charge is 0.115 e. The molecule has 2 rings (SSSR count). The Balaban J connectivity index is 2.81. The van der Waals surface area contributed by atoms with Gasteiger partial charge in [0.1, 0.15) is 5.82 Å². The summed E-state index contributed by atoms with van der Waals surface area (Å²) in [5.41, 5.74) is 3.70. The quantitative estimate of drug-likeness (QED) is 0.641. The summed E-state index contributed by atoms with van der Waals surface area (Å²) in [5, 5.41) is 0. The molecule has 1 aromatic heterocycles. The average Bonchev–Trinajstić information content (AvgIpc) is 2.45. The van der Waals surface area contributed by atoms with Crippen LogP contribution in [0.15, 0.2) is 18.2 Å². The summed E-state index contributed by atoms with van der Waals surface area (Å²) >= 11 is 0. The van der Waals surface area contributed by atoms with E-state index in [-0.39, 0.29) is 5.41 Å². The summed E-state index contributed by atoms with van der Waals surface area (Å²) in [6.45, 7) is 8.71. The van der Waals surface area contributed by atoms with E-state index in [1.165, 1.54) is 11.1 Å². The van der Waals surface area contributed by atoms with E-state index in [4.69, 9.17) is 4.98 Å². The van der Waals surface area contributed by atoms with Gasteiger partial charge in [-0.05, 0) is 18.6 Å². The summed E-state index contributed by atoms with van der Waals surface area (Å²) in [6.07, 6.45) is 0. The molecule has 0 spiro atoms. The lowest BCUT2D eigenvalue weighted by atomic mass is 9.96. The number of imidazole rings is 1. The van der Waals surface area contributed by atoms with E-state index in [0.29, 0.717) is 0 Å². The molecule has 2 nitrogen and oxygen atoms in total. The molecule has 0 aliphatic rings. The van der Waals surface area contributed by atoms with Crippen molar-refractivity contribution >= 4 is 11.0 Å². The van der Waals surface area contributed by atoms with E-state index in [1.54, 1.807) is 0 Å². The Morgan fingerprint density at radius 3 is 2.40 bits per heavy atom. The van der Waals surface area contributed by atoms with Gasteiger partial charge in [-0.1, -0.05) is 32.9 Å². The first-order valence-corrected chi connectivity index (χ1v) is 5.34. The lowest BCUT2D eigenvalue weighted by molar-refractivity contribution is 0.526. The zero-order valence-corrected chi connectivity index (χ0v) is 10.1. The van der Waals surface area contributed by atoms with Crippen molar-refractivity contribution in [1.29, 1.82) is 0 Å². The summed E-state index contributed by atoms with van der Waals surface area (Å²) in [5.74, 6) is 1.15. The van der Waals surface area contributed by atoms with Crippen molar-refractivity contribution in [3.63, 3.8) is 0 Å². The Morgan fingerprint density at radius 2 is 1.87 bits per heavy atom. The highest BCUT2D eigenvalue weighted by Gasteiger charge is 2.21. The second-order valence-electron chi connectivity index (χ2n) is 5.19. The van der Waals surface area contributed by atoms with Gasteiger partial charge in [0, 0.05) is 12.5 Å². The number of rotatable bonds is 0. The van der Waals surface area contributed by atoms with E-state index in [0.717, 1.165) is 11.3 Å². The molecule has 0 atom stereocenters. The number of para-hydroxylation sites is 1. The SMILES string of the molecule is Cc1cccc2c1nc(C(C)(C)C)n2C. The zero-order valence-electron chi connectivity index (χ0n) is 10.1. The first-order valence-electron chi connectivity index (χ1n) is 5.34. The minimum absolute atomic E-state index is 0.0974. The molecule has 0 aliphatic heterocycles. The monoisotopic (exact) mass is 202 g/mol. The molecule has 0 bridgehead atoms. The van der Waals surface area contributed by atoms with Crippen LogP contribution in [0.4, 0.5) is 0 Å². The van der Waals surface area contributed by atoms with Crippen LogP contribution in [0, 0.1) is 6.92 Å². The number of benzene rings is 1. The number of hydrogen-bond donors (Lipinski definition) is 0. The lowest BCUT2D eigenvalue weighted by Gasteiger charge is -2.17. The molecule has 0 amide bonds. The molecular weight excluding hydrogens is 184 g/mol. The fourth-order valence-electron chi connectivity index (χ4n) is 2.03. The van der Waals surface area contributed by atoms with Gasteiger partial charge in [0.2, 0.25) is 0 Å². The summed E-state index contributed by atoms with van der Waals surface area (Å²) < 4.78 is 2.20. The van der Waals surface area contributed by atoms with Crippen molar-refractivity contribution < 1.29 is 0 Å². The third-order valence-electron chi connectivity index (χ3n) is 2.78. The minimum Gasteiger partial charge on any atom is -0.331 e. The van der Waals surface area contributed by atoms with E-state index in [9.17, 15) is 0 Å². The van der Waals surface area contributed by atoms with Crippen molar-refractivity contribution in [3.05, 3.63) is 29.6 Å². The number of nitrogens with zero attached hydrogens (tertiary/aromatic N) is 2. The minimum atomic E-state index is 0.0974. The van der Waals surface area contributed by atoms with Gasteiger partial charge in [-0.15, -0.1) is 0 Å². The Hall–Kier alpha value is -1.31. The van der Waals surface area contributed by atoms with Gasteiger partial charge < -0.3 is 4.57 Å². The van der Waals surface area contributed by atoms with Gasteiger partial charge in [0.05, 0.1) is 11.0 Å². The molecule has 0 aliphatic carbocycles. The fraction of sp³-hybridized carbons (Fsp3) is 0.462. The van der Waals surface area contributed by atoms with Crippen LogP contribution in [0.1, 0.15) is 32.2 Å². The number of aryl methyl sites for hydroxylation is 2. The van der Waals surface area contributed by atoms with Crippen LogP contribution in [0.5, 0.6) is 0 Å². The van der Waals surface area contributed by atoms with Crippen LogP contribution in [0.2, 0.25) is 0 Å². The molecule has 80 valence electrons. The first kappa shape index (κ1) is 10.2. The van der Waals surface area contributed by atoms with Crippen molar-refractivity contribution in [1.82, 2.24) is 9.55 Å². The molecule has 0 saturated heterocycles. The lowest BCUT2D eigenvalue weighted by Crippen LogP contribution is -2.17. The summed E-state index contributed by atoms with van der Waals surface area (Å²) in [6, 6.07) is 6.33. The fourth-order valence-corrected chi connectivity index (χ4v) is 2.03. The number of hydrogen-bond acceptors (Lipinski definition) is 1. The van der Waals surface area contributed by atoms with Gasteiger partial charge in [0.25, 0.3) is 0 Å². The van der Waals surface area contributed by atoms with Crippen molar-refractivity contribution in [2.75, 3.05) is 0 Å². The zero-order chi connectivity index (χ0) is 11.2. The van der Waals surface area contributed by atoms with Gasteiger partial charge in [-0.25, -0.2) is 4.98 Å². The Kier molecular flexibility index (Phi) is 2.10. The van der Waals surface area contributed by atoms with Crippen LogP contribution in [-0.4, -0.2) is 9.55 Å². The molecule has 0 radical (unpaired) electrons. The number of fused-ring (bicyclic) bond motifs is 1. The molecule has 0 unspecified atom stereocenters. The molecule has 2 heteroatoms. The van der Waals surface area contributed by atoms with Gasteiger partial charge in [-0.3, -0.25) is 0 Å². The summed E-state index contributed by atoms with van der Waals surface area (Å²) in [4.78, 5) is 4.75. The summed E-state index contributed by atoms with van der Waals surface area (Å²) in [7, 11) is 2.09. The Labute approximate surface area is 90.9 Å². The normalized spacial score (nSPS) is 12.3. The largest absolute Gasteiger partial charge is 0.331 e. The molecule has 0 fully saturated rings. The Morgan fingerprint density at radius 1 is 1.20 bits per heavy atom. The molecular formula is C13H18N2. The maximum Gasteiger partial charge on any atom is 0.115 e. The van der Waals surface area contributed by atoms with E-state index in [2.05, 4.69) is 57.5 Å². The maximum atomic E-state index is 4.75. The maximum absolute atomic E-state index is 4.75. The van der Waals surface area contributed by atoms with Crippen LogP contribution in [0.3, 0.4) is 0 Å². The highest BCUT2D eigenvalue weighted by Crippen LogP contribution is 2.26. The van der Waals surface area contributed by atoms with Crippen LogP contribution in [0.25, 0.3) is 11.0 Å². The third-order valence-corrected chi connectivity index (χ3v) is 2.78. The third kappa shape index (κ3) is 1.54. The second kappa shape index (κ2) is 3.09. The van der Waals surface area contributed by atoms with E-state index in [1.807, 2.05) is 0 Å². The van der Waals surface area contributed by atoms with Crippen LogP contribution in [-0.2, 0) is 12.5 Å². The van der Waals surface area contributed by atoms with Crippen molar-refractivity contribution in [3.8, 4) is 0 Å². The highest BCUT2D eigenvalue weighted by atomic mass is 15.1. The van der Waals surface area contributed by atoms with Gasteiger partial charge in [0.15, 0.2) is 0 Å². The molecule has 2 aromatic rings. The topological polar surface area (TPSA) is 17.8 Å². The predicted molar refractivity (Wildman–Crippen MR) is 64.2 cm³/mol. The van der Waals surface area contributed by atoms with Crippen LogP contribution < -0.4 is 0 Å². The molecule has 0 N–H and O–H groups in total. The van der Waals surface area contributed by atoms with Crippen molar-refractivity contribution in [2.45, 2.75) is 33.1 Å². The average molecular weight is 202 g/mol. The Bertz CT molecular complexity index is 501. The molecule has 15 heavy (non-hydrogen) atoms. The molecule has 1 heterocycles. The molecule has 1 aromatic carbocycles. The standard InChI is InChI=1S/C13H18N2/c1-9-7-6-8-10-11(9)14-12(15(10)5)13(2,3)4/h6-8H,1-5H3. The van der Waals surface area contributed by atoms with Gasteiger partial charge in [-0.2, -0.15) is 0 Å². The second-order valence-corrected chi connectivity index (χ2v) is 5.19. The van der Waals surface area contributed by atoms with E-state index >= 15 is 0 Å².